The van der Waals surface area contributed by atoms with Crippen LogP contribution in [0.4, 0.5) is 0 Å². The van der Waals surface area contributed by atoms with Crippen LogP contribution in [-0.4, -0.2) is 52.5 Å². The van der Waals surface area contributed by atoms with Crippen molar-refractivity contribution in [3.8, 4) is 0 Å². The highest BCUT2D eigenvalue weighted by molar-refractivity contribution is 5.92. The molecule has 2 aromatic rings. The summed E-state index contributed by atoms with van der Waals surface area (Å²) in [6.07, 6.45) is 6.60. The number of hydrogen-bond acceptors (Lipinski definition) is 5. The summed E-state index contributed by atoms with van der Waals surface area (Å²) in [4.78, 5) is 35.0. The van der Waals surface area contributed by atoms with Crippen LogP contribution in [0.1, 0.15) is 48.3 Å². The molecule has 0 saturated carbocycles. The average molecular weight is 382 g/mol. The zero-order chi connectivity index (χ0) is 19.8. The number of carbonyl (C=O) groups excluding carboxylic acids is 2. The Morgan fingerprint density at radius 1 is 1.29 bits per heavy atom. The van der Waals surface area contributed by atoms with E-state index in [0.29, 0.717) is 19.7 Å². The zero-order valence-corrected chi connectivity index (χ0v) is 16.1. The molecule has 2 atom stereocenters. The van der Waals surface area contributed by atoms with Gasteiger partial charge in [-0.25, -0.2) is 4.98 Å². The number of amides is 2. The number of aromatic nitrogens is 2. The van der Waals surface area contributed by atoms with Crippen molar-refractivity contribution < 1.29 is 14.3 Å². The molecule has 1 aliphatic heterocycles. The van der Waals surface area contributed by atoms with Gasteiger partial charge in [0.25, 0.3) is 5.91 Å². The minimum Gasteiger partial charge on any atom is -0.376 e. The Morgan fingerprint density at radius 3 is 2.79 bits per heavy atom. The lowest BCUT2D eigenvalue weighted by Crippen LogP contribution is -2.40. The minimum atomic E-state index is -0.229. The number of nitrogens with zero attached hydrogens (tertiary/aromatic N) is 3. The number of carbonyl (C=O) groups is 2. The summed E-state index contributed by atoms with van der Waals surface area (Å²) in [5, 5.41) is 2.99. The van der Waals surface area contributed by atoms with E-state index in [0.717, 1.165) is 18.4 Å². The Kier molecular flexibility index (Phi) is 7.08. The second kappa shape index (κ2) is 9.94. The van der Waals surface area contributed by atoms with Crippen molar-refractivity contribution in [2.75, 3.05) is 19.7 Å². The molecule has 0 spiro atoms. The highest BCUT2D eigenvalue weighted by Gasteiger charge is 2.25. The third-order valence-electron chi connectivity index (χ3n) is 4.80. The lowest BCUT2D eigenvalue weighted by molar-refractivity contribution is -0.122. The Morgan fingerprint density at radius 2 is 2.11 bits per heavy atom. The second-order valence-corrected chi connectivity index (χ2v) is 6.93. The van der Waals surface area contributed by atoms with Gasteiger partial charge in [-0.15, -0.1) is 0 Å². The van der Waals surface area contributed by atoms with E-state index in [1.165, 1.54) is 18.6 Å². The van der Waals surface area contributed by atoms with Crippen molar-refractivity contribution in [1.29, 1.82) is 0 Å². The van der Waals surface area contributed by atoms with E-state index in [-0.39, 0.29) is 36.1 Å². The minimum absolute atomic E-state index is 0.00641. The Hall–Kier alpha value is -2.80. The number of rotatable bonds is 8. The van der Waals surface area contributed by atoms with Crippen molar-refractivity contribution in [1.82, 2.24) is 20.2 Å². The molecular formula is C21H26N4O3. The normalized spacial score (nSPS) is 17.1. The van der Waals surface area contributed by atoms with Crippen molar-refractivity contribution >= 4 is 11.8 Å². The first-order valence-electron chi connectivity index (χ1n) is 9.64. The molecule has 7 nitrogen and oxygen atoms in total. The van der Waals surface area contributed by atoms with Crippen LogP contribution in [0.2, 0.25) is 0 Å². The van der Waals surface area contributed by atoms with Crippen LogP contribution >= 0.6 is 0 Å². The lowest BCUT2D eigenvalue weighted by Gasteiger charge is -2.25. The van der Waals surface area contributed by atoms with Crippen LogP contribution < -0.4 is 5.32 Å². The monoisotopic (exact) mass is 382 g/mol. The van der Waals surface area contributed by atoms with Gasteiger partial charge in [-0.1, -0.05) is 30.3 Å². The van der Waals surface area contributed by atoms with Gasteiger partial charge in [0, 0.05) is 38.5 Å². The van der Waals surface area contributed by atoms with Crippen LogP contribution in [0.5, 0.6) is 0 Å². The quantitative estimate of drug-likeness (QED) is 0.758. The Labute approximate surface area is 165 Å². The van der Waals surface area contributed by atoms with Gasteiger partial charge in [0.1, 0.15) is 5.69 Å². The van der Waals surface area contributed by atoms with Crippen LogP contribution in [0, 0.1) is 0 Å². The SMILES string of the molecule is C[C@H](NC(=O)CCN(C[C@H]1CCCO1)C(=O)c1cnccn1)c1ccccc1. The van der Waals surface area contributed by atoms with E-state index in [1.54, 1.807) is 4.90 Å². The number of benzene rings is 1. The highest BCUT2D eigenvalue weighted by atomic mass is 16.5. The van der Waals surface area contributed by atoms with Gasteiger partial charge >= 0.3 is 0 Å². The predicted octanol–water partition coefficient (Wildman–Crippen LogP) is 2.37. The van der Waals surface area contributed by atoms with Gasteiger partial charge in [0.2, 0.25) is 5.91 Å². The van der Waals surface area contributed by atoms with Crippen molar-refractivity contribution in [3.63, 3.8) is 0 Å². The summed E-state index contributed by atoms with van der Waals surface area (Å²) in [6.45, 7) is 3.43. The molecule has 0 unspecified atom stereocenters. The fraction of sp³-hybridized carbons (Fsp3) is 0.429. The molecule has 1 saturated heterocycles. The molecule has 1 aromatic heterocycles. The first kappa shape index (κ1) is 19.9. The maximum atomic E-state index is 12.8. The third kappa shape index (κ3) is 5.60. The predicted molar refractivity (Wildman–Crippen MR) is 105 cm³/mol. The largest absolute Gasteiger partial charge is 0.376 e. The fourth-order valence-electron chi connectivity index (χ4n) is 3.26. The molecule has 0 bridgehead atoms. The summed E-state index contributed by atoms with van der Waals surface area (Å²) in [5.74, 6) is -0.326. The molecule has 28 heavy (non-hydrogen) atoms. The van der Waals surface area contributed by atoms with Gasteiger partial charge < -0.3 is 15.0 Å². The van der Waals surface area contributed by atoms with E-state index in [9.17, 15) is 9.59 Å². The van der Waals surface area contributed by atoms with Crippen LogP contribution in [0.25, 0.3) is 0 Å². The molecular weight excluding hydrogens is 356 g/mol. The first-order valence-corrected chi connectivity index (χ1v) is 9.64. The fourth-order valence-corrected chi connectivity index (χ4v) is 3.26. The molecule has 0 radical (unpaired) electrons. The van der Waals surface area contributed by atoms with Gasteiger partial charge in [-0.2, -0.15) is 0 Å². The Bertz CT molecular complexity index is 764. The van der Waals surface area contributed by atoms with Gasteiger partial charge in [0.05, 0.1) is 18.3 Å². The van der Waals surface area contributed by atoms with E-state index in [2.05, 4.69) is 15.3 Å². The van der Waals surface area contributed by atoms with E-state index < -0.39 is 0 Å². The molecule has 0 aliphatic carbocycles. The van der Waals surface area contributed by atoms with Gasteiger partial charge in [-0.3, -0.25) is 14.6 Å². The summed E-state index contributed by atoms with van der Waals surface area (Å²) in [6, 6.07) is 9.70. The smallest absolute Gasteiger partial charge is 0.274 e. The van der Waals surface area contributed by atoms with Crippen LogP contribution in [-0.2, 0) is 9.53 Å². The maximum Gasteiger partial charge on any atom is 0.274 e. The summed E-state index contributed by atoms with van der Waals surface area (Å²) in [5.41, 5.74) is 1.32. The first-order chi connectivity index (χ1) is 13.6. The van der Waals surface area contributed by atoms with E-state index >= 15 is 0 Å². The summed E-state index contributed by atoms with van der Waals surface area (Å²) >= 11 is 0. The van der Waals surface area contributed by atoms with Crippen molar-refractivity contribution in [2.45, 2.75) is 38.3 Å². The standard InChI is InChI=1S/C21H26N4O3/c1-16(17-6-3-2-4-7-17)24-20(26)9-12-25(15-18-8-5-13-28-18)21(27)19-14-22-10-11-23-19/h2-4,6-7,10-11,14,16,18H,5,8-9,12-13,15H2,1H3,(H,24,26)/t16-,18+/m0/s1. The lowest BCUT2D eigenvalue weighted by atomic mass is 10.1. The zero-order valence-electron chi connectivity index (χ0n) is 16.1. The van der Waals surface area contributed by atoms with Gasteiger partial charge in [0.15, 0.2) is 0 Å². The van der Waals surface area contributed by atoms with Crippen LogP contribution in [0.3, 0.4) is 0 Å². The molecule has 3 rings (SSSR count). The highest BCUT2D eigenvalue weighted by Crippen LogP contribution is 2.15. The molecule has 2 heterocycles. The van der Waals surface area contributed by atoms with E-state index in [1.807, 2.05) is 37.3 Å². The topological polar surface area (TPSA) is 84.4 Å². The molecule has 1 aromatic carbocycles. The molecule has 1 fully saturated rings. The molecule has 1 aliphatic rings. The third-order valence-corrected chi connectivity index (χ3v) is 4.80. The van der Waals surface area contributed by atoms with Crippen molar-refractivity contribution in [2.24, 2.45) is 0 Å². The van der Waals surface area contributed by atoms with Crippen LogP contribution in [0.15, 0.2) is 48.9 Å². The number of hydrogen-bond donors (Lipinski definition) is 1. The van der Waals surface area contributed by atoms with E-state index in [4.69, 9.17) is 4.74 Å². The summed E-state index contributed by atoms with van der Waals surface area (Å²) < 4.78 is 5.67. The summed E-state index contributed by atoms with van der Waals surface area (Å²) in [7, 11) is 0. The second-order valence-electron chi connectivity index (χ2n) is 6.93. The molecule has 148 valence electrons. The molecule has 2 amide bonds. The average Bonchev–Trinajstić information content (AvgIpc) is 3.25. The molecule has 7 heteroatoms. The number of ether oxygens (including phenoxy) is 1. The number of nitrogens with one attached hydrogen (secondary N) is 1. The Balaban J connectivity index is 1.58. The maximum absolute atomic E-state index is 12.8. The van der Waals surface area contributed by atoms with Gasteiger partial charge in [-0.05, 0) is 25.3 Å². The van der Waals surface area contributed by atoms with Crippen molar-refractivity contribution in [3.05, 3.63) is 60.2 Å². The molecule has 1 N–H and O–H groups in total.